The molecule has 2 heterocycles. The fraction of sp³-hybridized carbons (Fsp3) is 0.0952. The van der Waals surface area contributed by atoms with Crippen LogP contribution in [0.2, 0.25) is 0 Å². The lowest BCUT2D eigenvalue weighted by Gasteiger charge is -2.11. The van der Waals surface area contributed by atoms with Gasteiger partial charge in [-0.2, -0.15) is 10.1 Å². The Balaban J connectivity index is 1.75. The van der Waals surface area contributed by atoms with Gasteiger partial charge in [0.1, 0.15) is 0 Å². The van der Waals surface area contributed by atoms with Crippen molar-refractivity contribution < 1.29 is 9.32 Å². The number of carbonyl (C=O) groups excluding carboxylic acids is 1. The third-order valence-corrected chi connectivity index (χ3v) is 4.43. The number of hydrazone groups is 1. The SMILES string of the molecule is CC1=NN(c2ccc(C)cc2)C(=O)C1=Cc1c(-c2ccccc2)[nH]oc1=O. The summed E-state index contributed by atoms with van der Waals surface area (Å²) in [7, 11) is 0. The van der Waals surface area contributed by atoms with Gasteiger partial charge in [0.2, 0.25) is 0 Å². The molecule has 0 atom stereocenters. The van der Waals surface area contributed by atoms with Gasteiger partial charge in [-0.1, -0.05) is 48.0 Å². The van der Waals surface area contributed by atoms with Crippen molar-refractivity contribution in [1.29, 1.82) is 0 Å². The van der Waals surface area contributed by atoms with Gasteiger partial charge in [0.15, 0.2) is 0 Å². The minimum Gasteiger partial charge on any atom is -0.338 e. The Kier molecular flexibility index (Phi) is 4.08. The Hall–Kier alpha value is -3.67. The monoisotopic (exact) mass is 359 g/mol. The minimum absolute atomic E-state index is 0.282. The van der Waals surface area contributed by atoms with Gasteiger partial charge >= 0.3 is 5.63 Å². The van der Waals surface area contributed by atoms with E-state index in [2.05, 4.69) is 10.3 Å². The molecule has 2 aromatic carbocycles. The van der Waals surface area contributed by atoms with Gasteiger partial charge in [0.25, 0.3) is 5.91 Å². The van der Waals surface area contributed by atoms with E-state index in [9.17, 15) is 9.59 Å². The molecule has 1 aliphatic heterocycles. The van der Waals surface area contributed by atoms with Crippen LogP contribution in [-0.4, -0.2) is 16.8 Å². The van der Waals surface area contributed by atoms with Crippen LogP contribution in [0.1, 0.15) is 18.1 Å². The summed E-state index contributed by atoms with van der Waals surface area (Å²) in [6.45, 7) is 3.72. The zero-order valence-corrected chi connectivity index (χ0v) is 14.9. The number of nitrogens with one attached hydrogen (secondary N) is 1. The molecule has 0 aliphatic carbocycles. The lowest BCUT2D eigenvalue weighted by atomic mass is 10.0. The lowest BCUT2D eigenvalue weighted by molar-refractivity contribution is -0.114. The molecule has 134 valence electrons. The first-order chi connectivity index (χ1) is 13.0. The second-order valence-corrected chi connectivity index (χ2v) is 6.34. The van der Waals surface area contributed by atoms with E-state index in [0.717, 1.165) is 11.1 Å². The van der Waals surface area contributed by atoms with Crippen LogP contribution < -0.4 is 10.6 Å². The molecule has 0 saturated carbocycles. The van der Waals surface area contributed by atoms with Crippen LogP contribution in [0.4, 0.5) is 5.69 Å². The quantitative estimate of drug-likeness (QED) is 0.724. The van der Waals surface area contributed by atoms with E-state index in [0.29, 0.717) is 28.2 Å². The number of H-pyrrole nitrogens is 1. The average Bonchev–Trinajstić information content (AvgIpc) is 3.18. The number of aromatic amines is 1. The molecule has 6 heteroatoms. The van der Waals surface area contributed by atoms with Crippen molar-refractivity contribution in [3.05, 3.63) is 81.7 Å². The Bertz CT molecular complexity index is 1120. The Morgan fingerprint density at radius 1 is 1.00 bits per heavy atom. The third-order valence-electron chi connectivity index (χ3n) is 4.43. The summed E-state index contributed by atoms with van der Waals surface area (Å²) in [5, 5.41) is 8.34. The summed E-state index contributed by atoms with van der Waals surface area (Å²) >= 11 is 0. The molecule has 1 amide bonds. The smallest absolute Gasteiger partial charge is 0.338 e. The van der Waals surface area contributed by atoms with Gasteiger partial charge in [0, 0.05) is 5.56 Å². The topological polar surface area (TPSA) is 78.7 Å². The van der Waals surface area contributed by atoms with E-state index >= 15 is 0 Å². The average molecular weight is 359 g/mol. The molecule has 3 aromatic rings. The predicted octanol–water partition coefficient (Wildman–Crippen LogP) is 3.75. The van der Waals surface area contributed by atoms with Gasteiger partial charge < -0.3 is 4.52 Å². The summed E-state index contributed by atoms with van der Waals surface area (Å²) in [5.74, 6) is -0.282. The second-order valence-electron chi connectivity index (χ2n) is 6.34. The molecule has 1 aliphatic rings. The van der Waals surface area contributed by atoms with Gasteiger partial charge in [-0.3, -0.25) is 4.79 Å². The van der Waals surface area contributed by atoms with Crippen molar-refractivity contribution in [1.82, 2.24) is 5.16 Å². The van der Waals surface area contributed by atoms with Crippen LogP contribution in [-0.2, 0) is 4.79 Å². The molecular formula is C21H17N3O3. The molecule has 1 N–H and O–H groups in total. The molecule has 0 unspecified atom stereocenters. The maximum absolute atomic E-state index is 12.9. The number of hydrogen-bond donors (Lipinski definition) is 1. The summed E-state index contributed by atoms with van der Waals surface area (Å²) in [4.78, 5) is 25.1. The maximum atomic E-state index is 12.9. The van der Waals surface area contributed by atoms with Crippen LogP contribution in [0.5, 0.6) is 0 Å². The normalized spacial score (nSPS) is 15.5. The summed E-state index contributed by atoms with van der Waals surface area (Å²) in [6.07, 6.45) is 1.54. The largest absolute Gasteiger partial charge is 0.365 e. The first-order valence-corrected chi connectivity index (χ1v) is 8.50. The van der Waals surface area contributed by atoms with E-state index in [-0.39, 0.29) is 5.91 Å². The molecule has 0 radical (unpaired) electrons. The Morgan fingerprint density at radius 3 is 2.41 bits per heavy atom. The Labute approximate surface area is 155 Å². The highest BCUT2D eigenvalue weighted by Crippen LogP contribution is 2.27. The molecular weight excluding hydrogens is 342 g/mol. The molecule has 1 aromatic heterocycles. The van der Waals surface area contributed by atoms with Gasteiger partial charge in [-0.25, -0.2) is 9.95 Å². The summed E-state index contributed by atoms with van der Waals surface area (Å²) in [5.41, 5.74) is 3.77. The van der Waals surface area contributed by atoms with Gasteiger partial charge in [0.05, 0.1) is 28.2 Å². The molecule has 0 saturated heterocycles. The predicted molar refractivity (Wildman–Crippen MR) is 105 cm³/mol. The summed E-state index contributed by atoms with van der Waals surface area (Å²) < 4.78 is 4.97. The zero-order chi connectivity index (χ0) is 19.0. The van der Waals surface area contributed by atoms with E-state index in [4.69, 9.17) is 4.52 Å². The van der Waals surface area contributed by atoms with Gasteiger partial charge in [-0.05, 0) is 32.1 Å². The van der Waals surface area contributed by atoms with Crippen molar-refractivity contribution in [3.63, 3.8) is 0 Å². The van der Waals surface area contributed by atoms with Crippen LogP contribution in [0.25, 0.3) is 17.3 Å². The molecule has 0 bridgehead atoms. The van der Waals surface area contributed by atoms with E-state index < -0.39 is 5.63 Å². The number of aromatic nitrogens is 1. The maximum Gasteiger partial charge on any atom is 0.365 e. The molecule has 4 rings (SSSR count). The number of carbonyl (C=O) groups is 1. The molecule has 27 heavy (non-hydrogen) atoms. The second kappa shape index (κ2) is 6.57. The highest BCUT2D eigenvalue weighted by atomic mass is 16.5. The van der Waals surface area contributed by atoms with Crippen LogP contribution in [0, 0.1) is 6.92 Å². The molecule has 0 spiro atoms. The van der Waals surface area contributed by atoms with Crippen molar-refractivity contribution in [2.24, 2.45) is 5.10 Å². The van der Waals surface area contributed by atoms with Crippen molar-refractivity contribution >= 4 is 23.4 Å². The van der Waals surface area contributed by atoms with E-state index in [1.807, 2.05) is 61.5 Å². The number of aryl methyl sites for hydroxylation is 1. The zero-order valence-electron chi connectivity index (χ0n) is 14.9. The molecule has 6 nitrogen and oxygen atoms in total. The van der Waals surface area contributed by atoms with E-state index in [1.165, 1.54) is 5.01 Å². The van der Waals surface area contributed by atoms with Crippen LogP contribution >= 0.6 is 0 Å². The first-order valence-electron chi connectivity index (χ1n) is 8.50. The fourth-order valence-electron chi connectivity index (χ4n) is 2.95. The number of amides is 1. The highest BCUT2D eigenvalue weighted by Gasteiger charge is 2.29. The fourth-order valence-corrected chi connectivity index (χ4v) is 2.95. The minimum atomic E-state index is -0.532. The number of benzene rings is 2. The van der Waals surface area contributed by atoms with E-state index in [1.54, 1.807) is 13.0 Å². The standard InChI is InChI=1S/C21H17N3O3/c1-13-8-10-16(11-9-13)24-20(25)17(14(2)22-24)12-18-19(23-27-21(18)26)15-6-4-3-5-7-15/h3-12,23H,1-2H3. The van der Waals surface area contributed by atoms with Crippen LogP contribution in [0.3, 0.4) is 0 Å². The first kappa shape index (κ1) is 16.8. The number of nitrogens with zero attached hydrogens (tertiary/aromatic N) is 2. The highest BCUT2D eigenvalue weighted by molar-refractivity contribution is 6.32. The number of rotatable bonds is 3. The van der Waals surface area contributed by atoms with Crippen molar-refractivity contribution in [3.8, 4) is 11.3 Å². The van der Waals surface area contributed by atoms with Crippen LogP contribution in [0.15, 0.2) is 74.6 Å². The number of hydrogen-bond acceptors (Lipinski definition) is 4. The van der Waals surface area contributed by atoms with Crippen molar-refractivity contribution in [2.45, 2.75) is 13.8 Å². The third kappa shape index (κ3) is 3.01. The summed E-state index contributed by atoms with van der Waals surface area (Å²) in [6, 6.07) is 16.9. The lowest BCUT2D eigenvalue weighted by Crippen LogP contribution is -2.21. The van der Waals surface area contributed by atoms with Gasteiger partial charge in [-0.15, -0.1) is 0 Å². The Morgan fingerprint density at radius 2 is 1.70 bits per heavy atom. The molecule has 0 fully saturated rings. The number of anilines is 1. The van der Waals surface area contributed by atoms with Crippen molar-refractivity contribution in [2.75, 3.05) is 5.01 Å².